The first-order valence-corrected chi connectivity index (χ1v) is 8.98. The quantitative estimate of drug-likeness (QED) is 0.830. The predicted molar refractivity (Wildman–Crippen MR) is 90.5 cm³/mol. The van der Waals surface area contributed by atoms with Crippen LogP contribution in [-0.2, 0) is 10.0 Å². The Morgan fingerprint density at radius 2 is 1.88 bits per heavy atom. The standard InChI is InChI=1S/C17H19NO5S/c1-4-18(13-5-7-16-17(10-13)23-11-22-16)24(19,20)14-6-8-15(21-3)12(2)9-14/h5-10H,4,11H2,1-3H3. The first kappa shape index (κ1) is 16.4. The summed E-state index contributed by atoms with van der Waals surface area (Å²) in [6.07, 6.45) is 0. The van der Waals surface area contributed by atoms with Crippen LogP contribution in [0.5, 0.6) is 17.2 Å². The maximum absolute atomic E-state index is 13.0. The first-order chi connectivity index (χ1) is 11.5. The zero-order chi connectivity index (χ0) is 17.3. The summed E-state index contributed by atoms with van der Waals surface area (Å²) < 4.78 is 43.2. The number of rotatable bonds is 5. The van der Waals surface area contributed by atoms with Gasteiger partial charge in [0.25, 0.3) is 10.0 Å². The highest BCUT2D eigenvalue weighted by atomic mass is 32.2. The molecule has 0 bridgehead atoms. The van der Waals surface area contributed by atoms with Crippen molar-refractivity contribution in [2.45, 2.75) is 18.7 Å². The third-order valence-corrected chi connectivity index (χ3v) is 5.78. The van der Waals surface area contributed by atoms with Crippen molar-refractivity contribution in [3.05, 3.63) is 42.0 Å². The highest BCUT2D eigenvalue weighted by molar-refractivity contribution is 7.92. The number of sulfonamides is 1. The van der Waals surface area contributed by atoms with Crippen molar-refractivity contribution in [2.24, 2.45) is 0 Å². The summed E-state index contributed by atoms with van der Waals surface area (Å²) in [6.45, 7) is 4.05. The van der Waals surface area contributed by atoms with E-state index in [1.54, 1.807) is 50.4 Å². The molecule has 128 valence electrons. The van der Waals surface area contributed by atoms with Crippen LogP contribution in [0.4, 0.5) is 5.69 Å². The fourth-order valence-electron chi connectivity index (χ4n) is 2.67. The summed E-state index contributed by atoms with van der Waals surface area (Å²) in [5.41, 5.74) is 1.30. The van der Waals surface area contributed by atoms with E-state index < -0.39 is 10.0 Å². The lowest BCUT2D eigenvalue weighted by Crippen LogP contribution is -2.30. The molecule has 6 nitrogen and oxygen atoms in total. The smallest absolute Gasteiger partial charge is 0.264 e. The van der Waals surface area contributed by atoms with Crippen LogP contribution < -0.4 is 18.5 Å². The van der Waals surface area contributed by atoms with Gasteiger partial charge in [0.1, 0.15) is 5.75 Å². The molecule has 0 atom stereocenters. The van der Waals surface area contributed by atoms with E-state index >= 15 is 0 Å². The van der Waals surface area contributed by atoms with Crippen molar-refractivity contribution in [1.29, 1.82) is 0 Å². The average molecular weight is 349 g/mol. The Balaban J connectivity index is 2.01. The molecule has 0 spiro atoms. The molecular weight excluding hydrogens is 330 g/mol. The fourth-order valence-corrected chi connectivity index (χ4v) is 4.22. The molecule has 0 radical (unpaired) electrons. The highest BCUT2D eigenvalue weighted by Gasteiger charge is 2.26. The molecule has 3 rings (SSSR count). The Bertz CT molecular complexity index is 863. The average Bonchev–Trinajstić information content (AvgIpc) is 3.03. The fraction of sp³-hybridized carbons (Fsp3) is 0.294. The minimum absolute atomic E-state index is 0.148. The Hall–Kier alpha value is -2.41. The SMILES string of the molecule is CCN(c1ccc2c(c1)OCO2)S(=O)(=O)c1ccc(OC)c(C)c1. The van der Waals surface area contributed by atoms with Crippen molar-refractivity contribution in [2.75, 3.05) is 24.8 Å². The second-order valence-electron chi connectivity index (χ2n) is 5.34. The first-order valence-electron chi connectivity index (χ1n) is 7.54. The molecule has 0 N–H and O–H groups in total. The van der Waals surface area contributed by atoms with Crippen LogP contribution in [0.1, 0.15) is 12.5 Å². The van der Waals surface area contributed by atoms with Gasteiger partial charge < -0.3 is 14.2 Å². The zero-order valence-electron chi connectivity index (χ0n) is 13.8. The van der Waals surface area contributed by atoms with Crippen molar-refractivity contribution >= 4 is 15.7 Å². The lowest BCUT2D eigenvalue weighted by Gasteiger charge is -2.23. The number of fused-ring (bicyclic) bond motifs is 1. The Morgan fingerprint density at radius 1 is 1.12 bits per heavy atom. The van der Waals surface area contributed by atoms with Crippen LogP contribution in [0.2, 0.25) is 0 Å². The number of methoxy groups -OCH3 is 1. The van der Waals surface area contributed by atoms with Gasteiger partial charge in [-0.15, -0.1) is 0 Å². The number of hydrogen-bond donors (Lipinski definition) is 0. The van der Waals surface area contributed by atoms with Crippen LogP contribution in [0.15, 0.2) is 41.3 Å². The summed E-state index contributed by atoms with van der Waals surface area (Å²) in [6, 6.07) is 9.94. The minimum atomic E-state index is -3.69. The molecule has 2 aromatic carbocycles. The van der Waals surface area contributed by atoms with Gasteiger partial charge in [0.15, 0.2) is 11.5 Å². The molecule has 0 aromatic heterocycles. The van der Waals surface area contributed by atoms with Gasteiger partial charge in [-0.1, -0.05) is 0 Å². The second kappa shape index (κ2) is 6.24. The monoisotopic (exact) mass is 349 g/mol. The number of ether oxygens (including phenoxy) is 3. The second-order valence-corrected chi connectivity index (χ2v) is 7.20. The van der Waals surface area contributed by atoms with E-state index in [1.807, 2.05) is 6.92 Å². The van der Waals surface area contributed by atoms with Crippen LogP contribution >= 0.6 is 0 Å². The van der Waals surface area contributed by atoms with Gasteiger partial charge in [-0.25, -0.2) is 8.42 Å². The topological polar surface area (TPSA) is 65.1 Å². The molecular formula is C17H19NO5S. The van der Waals surface area contributed by atoms with Gasteiger partial charge in [-0.3, -0.25) is 4.31 Å². The molecule has 0 amide bonds. The summed E-state index contributed by atoms with van der Waals surface area (Å²) in [7, 11) is -2.13. The maximum atomic E-state index is 13.0. The molecule has 0 saturated heterocycles. The number of benzene rings is 2. The van der Waals surface area contributed by atoms with Gasteiger partial charge in [-0.2, -0.15) is 0 Å². The number of hydrogen-bond acceptors (Lipinski definition) is 5. The summed E-state index contributed by atoms with van der Waals surface area (Å²) in [5.74, 6) is 1.82. The van der Waals surface area contributed by atoms with E-state index in [0.717, 1.165) is 5.56 Å². The summed E-state index contributed by atoms with van der Waals surface area (Å²) in [5, 5.41) is 0. The molecule has 0 aliphatic carbocycles. The van der Waals surface area contributed by atoms with Crippen molar-refractivity contribution in [3.63, 3.8) is 0 Å². The van der Waals surface area contributed by atoms with Crippen LogP contribution in [0.3, 0.4) is 0 Å². The van der Waals surface area contributed by atoms with Gasteiger partial charge in [0, 0.05) is 12.6 Å². The van der Waals surface area contributed by atoms with Gasteiger partial charge in [0.05, 0.1) is 17.7 Å². The van der Waals surface area contributed by atoms with Crippen LogP contribution in [0.25, 0.3) is 0 Å². The Labute approximate surface area is 141 Å². The van der Waals surface area contributed by atoms with Crippen molar-refractivity contribution in [1.82, 2.24) is 0 Å². The largest absolute Gasteiger partial charge is 0.496 e. The third kappa shape index (κ3) is 2.75. The molecule has 1 heterocycles. The highest BCUT2D eigenvalue weighted by Crippen LogP contribution is 2.37. The molecule has 24 heavy (non-hydrogen) atoms. The van der Waals surface area contributed by atoms with Crippen molar-refractivity contribution in [3.8, 4) is 17.2 Å². The zero-order valence-corrected chi connectivity index (χ0v) is 14.6. The Kier molecular flexibility index (Phi) is 4.28. The van der Waals surface area contributed by atoms with E-state index in [2.05, 4.69) is 0 Å². The van der Waals surface area contributed by atoms with E-state index in [9.17, 15) is 8.42 Å². The van der Waals surface area contributed by atoms with E-state index in [0.29, 0.717) is 29.5 Å². The molecule has 0 unspecified atom stereocenters. The predicted octanol–water partition coefficient (Wildman–Crippen LogP) is 2.95. The minimum Gasteiger partial charge on any atom is -0.496 e. The molecule has 1 aliphatic rings. The molecule has 0 fully saturated rings. The lowest BCUT2D eigenvalue weighted by atomic mass is 10.2. The normalized spacial score (nSPS) is 13.0. The van der Waals surface area contributed by atoms with Gasteiger partial charge in [-0.05, 0) is 49.7 Å². The number of anilines is 1. The van der Waals surface area contributed by atoms with Crippen LogP contribution in [0, 0.1) is 6.92 Å². The molecule has 0 saturated carbocycles. The lowest BCUT2D eigenvalue weighted by molar-refractivity contribution is 0.174. The maximum Gasteiger partial charge on any atom is 0.264 e. The van der Waals surface area contributed by atoms with E-state index in [-0.39, 0.29) is 11.7 Å². The molecule has 2 aromatic rings. The van der Waals surface area contributed by atoms with E-state index in [4.69, 9.17) is 14.2 Å². The van der Waals surface area contributed by atoms with Gasteiger partial charge in [0.2, 0.25) is 6.79 Å². The van der Waals surface area contributed by atoms with Gasteiger partial charge >= 0.3 is 0 Å². The third-order valence-electron chi connectivity index (χ3n) is 3.89. The number of nitrogens with zero attached hydrogens (tertiary/aromatic N) is 1. The van der Waals surface area contributed by atoms with E-state index in [1.165, 1.54) is 4.31 Å². The molecule has 1 aliphatic heterocycles. The number of aryl methyl sites for hydroxylation is 1. The Morgan fingerprint density at radius 3 is 2.54 bits per heavy atom. The van der Waals surface area contributed by atoms with Crippen LogP contribution in [-0.4, -0.2) is 28.9 Å². The van der Waals surface area contributed by atoms with Crippen molar-refractivity contribution < 1.29 is 22.6 Å². The summed E-state index contributed by atoms with van der Waals surface area (Å²) in [4.78, 5) is 0.223. The molecule has 7 heteroatoms. The summed E-state index contributed by atoms with van der Waals surface area (Å²) >= 11 is 0.